The third-order valence-electron chi connectivity index (χ3n) is 4.27. The van der Waals surface area contributed by atoms with Gasteiger partial charge in [-0.15, -0.1) is 0 Å². The van der Waals surface area contributed by atoms with Gasteiger partial charge in [0.1, 0.15) is 6.26 Å². The van der Waals surface area contributed by atoms with Crippen LogP contribution in [0.4, 0.5) is 0 Å². The highest BCUT2D eigenvalue weighted by molar-refractivity contribution is 7.88. The van der Waals surface area contributed by atoms with E-state index in [1.807, 2.05) is 19.1 Å². The van der Waals surface area contributed by atoms with Crippen LogP contribution < -0.4 is 5.32 Å². The Morgan fingerprint density at radius 2 is 1.79 bits per heavy atom. The molecule has 0 fully saturated rings. The first-order valence-electron chi connectivity index (χ1n) is 7.62. The fourth-order valence-electron chi connectivity index (χ4n) is 2.99. The van der Waals surface area contributed by atoms with Crippen LogP contribution in [0.15, 0.2) is 46.1 Å². The molecule has 7 heteroatoms. The van der Waals surface area contributed by atoms with E-state index in [4.69, 9.17) is 4.42 Å². The van der Waals surface area contributed by atoms with E-state index in [1.54, 1.807) is 0 Å². The summed E-state index contributed by atoms with van der Waals surface area (Å²) in [6.07, 6.45) is 2.67. The smallest absolute Gasteiger partial charge is 0.275 e. The first kappa shape index (κ1) is 16.7. The lowest BCUT2D eigenvalue weighted by molar-refractivity contribution is 0.0909. The molecule has 0 radical (unpaired) electrons. The number of furan rings is 1. The van der Waals surface area contributed by atoms with Crippen LogP contribution in [0.3, 0.4) is 0 Å². The highest BCUT2D eigenvalue weighted by Gasteiger charge is 2.34. The minimum absolute atomic E-state index is 0.201. The van der Waals surface area contributed by atoms with E-state index in [2.05, 4.69) is 17.4 Å². The normalized spacial score (nSPS) is 16.2. The number of carbonyl (C=O) groups excluding carboxylic acids is 1. The van der Waals surface area contributed by atoms with Gasteiger partial charge in [0, 0.05) is 25.7 Å². The fraction of sp³-hybridized carbons (Fsp3) is 0.353. The highest BCUT2D eigenvalue weighted by atomic mass is 32.2. The molecular formula is C17H20N2O4S. The molecule has 0 spiro atoms. The molecule has 0 saturated carbocycles. The molecule has 128 valence electrons. The number of hydrogen-bond acceptors (Lipinski definition) is 4. The predicted octanol–water partition coefficient (Wildman–Crippen LogP) is 1.82. The van der Waals surface area contributed by atoms with Crippen molar-refractivity contribution in [1.29, 1.82) is 0 Å². The number of nitrogens with zero attached hydrogens (tertiary/aromatic N) is 1. The molecule has 6 nitrogen and oxygen atoms in total. The molecule has 1 aromatic heterocycles. The van der Waals surface area contributed by atoms with Gasteiger partial charge in [0.05, 0.1) is 5.56 Å². The summed E-state index contributed by atoms with van der Waals surface area (Å²) < 4.78 is 30.2. The maximum atomic E-state index is 12.5. The molecule has 24 heavy (non-hydrogen) atoms. The van der Waals surface area contributed by atoms with Gasteiger partial charge in [-0.05, 0) is 30.9 Å². The largest absolute Gasteiger partial charge is 0.451 e. The maximum Gasteiger partial charge on any atom is 0.275 e. The molecule has 1 heterocycles. The number of fused-ring (bicyclic) bond motifs is 1. The topological polar surface area (TPSA) is 79.6 Å². The number of sulfonamides is 1. The third-order valence-corrected chi connectivity index (χ3v) is 5.95. The SMILES string of the molecule is CN(C)S(=O)(=O)c1cc(C(=O)NC2(C)Cc3ccccc3C2)co1. The standard InChI is InChI=1S/C17H20N2O4S/c1-17(9-12-6-4-5-7-13(12)10-17)18-16(20)14-8-15(23-11-14)24(21,22)19(2)3/h4-8,11H,9-10H2,1-3H3,(H,18,20). The van der Waals surface area contributed by atoms with Crippen LogP contribution in [0.1, 0.15) is 28.4 Å². The Hall–Kier alpha value is -2.12. The van der Waals surface area contributed by atoms with Crippen molar-refractivity contribution in [3.63, 3.8) is 0 Å². The monoisotopic (exact) mass is 348 g/mol. The summed E-state index contributed by atoms with van der Waals surface area (Å²) in [6, 6.07) is 9.36. The van der Waals surface area contributed by atoms with Crippen LogP contribution >= 0.6 is 0 Å². The van der Waals surface area contributed by atoms with E-state index >= 15 is 0 Å². The summed E-state index contributed by atoms with van der Waals surface area (Å²) >= 11 is 0. The highest BCUT2D eigenvalue weighted by Crippen LogP contribution is 2.30. The zero-order chi connectivity index (χ0) is 17.5. The third kappa shape index (κ3) is 2.97. The van der Waals surface area contributed by atoms with Crippen LogP contribution in [0.5, 0.6) is 0 Å². The average Bonchev–Trinajstić information content (AvgIpc) is 3.10. The second kappa shape index (κ2) is 5.75. The fourth-order valence-corrected chi connectivity index (χ4v) is 3.80. The van der Waals surface area contributed by atoms with Gasteiger partial charge >= 0.3 is 0 Å². The maximum absolute atomic E-state index is 12.5. The summed E-state index contributed by atoms with van der Waals surface area (Å²) in [5, 5.41) is 2.77. The van der Waals surface area contributed by atoms with E-state index in [0.717, 1.165) is 17.1 Å². The summed E-state index contributed by atoms with van der Waals surface area (Å²) in [6.45, 7) is 1.99. The Bertz CT molecular complexity index is 859. The van der Waals surface area contributed by atoms with Crippen LogP contribution in [-0.4, -0.2) is 38.3 Å². The lowest BCUT2D eigenvalue weighted by Gasteiger charge is -2.25. The minimum Gasteiger partial charge on any atom is -0.451 e. The molecule has 1 aliphatic rings. The molecule has 1 N–H and O–H groups in total. The van der Waals surface area contributed by atoms with Crippen molar-refractivity contribution < 1.29 is 17.6 Å². The molecule has 0 atom stereocenters. The van der Waals surface area contributed by atoms with Gasteiger partial charge in [-0.1, -0.05) is 24.3 Å². The van der Waals surface area contributed by atoms with Crippen molar-refractivity contribution in [3.8, 4) is 0 Å². The molecular weight excluding hydrogens is 328 g/mol. The quantitative estimate of drug-likeness (QED) is 0.914. The van der Waals surface area contributed by atoms with Crippen LogP contribution in [-0.2, 0) is 22.9 Å². The summed E-state index contributed by atoms with van der Waals surface area (Å²) in [4.78, 5) is 12.5. The van der Waals surface area contributed by atoms with E-state index in [1.165, 1.54) is 37.6 Å². The van der Waals surface area contributed by atoms with E-state index in [-0.39, 0.29) is 16.6 Å². The Morgan fingerprint density at radius 3 is 2.33 bits per heavy atom. The second-order valence-corrected chi connectivity index (χ2v) is 8.66. The lowest BCUT2D eigenvalue weighted by atomic mass is 9.98. The number of nitrogens with one attached hydrogen (secondary N) is 1. The summed E-state index contributed by atoms with van der Waals surface area (Å²) in [5.74, 6) is -0.339. The number of rotatable bonds is 4. The molecule has 0 bridgehead atoms. The van der Waals surface area contributed by atoms with Crippen molar-refractivity contribution in [2.24, 2.45) is 0 Å². The van der Waals surface area contributed by atoms with Crippen molar-refractivity contribution in [3.05, 3.63) is 53.3 Å². The first-order chi connectivity index (χ1) is 11.2. The van der Waals surface area contributed by atoms with Gasteiger partial charge in [0.25, 0.3) is 15.9 Å². The van der Waals surface area contributed by atoms with Crippen molar-refractivity contribution in [1.82, 2.24) is 9.62 Å². The van der Waals surface area contributed by atoms with E-state index in [0.29, 0.717) is 0 Å². The molecule has 1 aliphatic carbocycles. The van der Waals surface area contributed by atoms with Crippen LogP contribution in [0.25, 0.3) is 0 Å². The molecule has 2 aromatic rings. The zero-order valence-corrected chi connectivity index (χ0v) is 14.7. The minimum atomic E-state index is -3.69. The van der Waals surface area contributed by atoms with Gasteiger partial charge in [0.15, 0.2) is 0 Å². The lowest BCUT2D eigenvalue weighted by Crippen LogP contribution is -2.46. The van der Waals surface area contributed by atoms with Gasteiger partial charge < -0.3 is 9.73 Å². The molecule has 0 aliphatic heterocycles. The van der Waals surface area contributed by atoms with Crippen LogP contribution in [0.2, 0.25) is 0 Å². The predicted molar refractivity (Wildman–Crippen MR) is 89.3 cm³/mol. The molecule has 1 amide bonds. The van der Waals surface area contributed by atoms with Crippen molar-refractivity contribution >= 4 is 15.9 Å². The number of hydrogen-bond donors (Lipinski definition) is 1. The first-order valence-corrected chi connectivity index (χ1v) is 9.06. The number of benzene rings is 1. The van der Waals surface area contributed by atoms with E-state index in [9.17, 15) is 13.2 Å². The molecule has 0 saturated heterocycles. The van der Waals surface area contributed by atoms with Gasteiger partial charge in [-0.25, -0.2) is 12.7 Å². The van der Waals surface area contributed by atoms with Crippen molar-refractivity contribution in [2.75, 3.05) is 14.1 Å². The molecule has 0 unspecified atom stereocenters. The Morgan fingerprint density at radius 1 is 1.21 bits per heavy atom. The molecule has 1 aromatic carbocycles. The van der Waals surface area contributed by atoms with Crippen molar-refractivity contribution in [2.45, 2.75) is 30.4 Å². The number of amides is 1. The summed E-state index contributed by atoms with van der Waals surface area (Å²) in [7, 11) is -0.867. The van der Waals surface area contributed by atoms with E-state index < -0.39 is 15.6 Å². The average molecular weight is 348 g/mol. The van der Waals surface area contributed by atoms with Gasteiger partial charge in [-0.3, -0.25) is 4.79 Å². The summed E-state index contributed by atoms with van der Waals surface area (Å²) in [5.41, 5.74) is 2.26. The van der Waals surface area contributed by atoms with Gasteiger partial charge in [0.2, 0.25) is 5.09 Å². The zero-order valence-electron chi connectivity index (χ0n) is 13.9. The Balaban J connectivity index is 1.76. The molecule has 3 rings (SSSR count). The van der Waals surface area contributed by atoms with Crippen LogP contribution in [0, 0.1) is 0 Å². The number of carbonyl (C=O) groups is 1. The Kier molecular flexibility index (Phi) is 4.01. The van der Waals surface area contributed by atoms with Gasteiger partial charge in [-0.2, -0.15) is 0 Å². The second-order valence-electron chi connectivity index (χ2n) is 6.58. The Labute approximate surface area is 141 Å².